The summed E-state index contributed by atoms with van der Waals surface area (Å²) in [6.07, 6.45) is 4.59. The lowest BCUT2D eigenvalue weighted by molar-refractivity contribution is -0.130. The van der Waals surface area contributed by atoms with E-state index in [1.54, 1.807) is 11.5 Å². The standard InChI is InChI=1S/C23H27FN2O6/c1-13-20-17(22(29)18(23(30)31)9-26(20)16-4-5-16)7-19(24)21(13)25-6-2-3-14(11-32-12-28)15(8-25)10-27/h7,9,12,14-16,27H,2-6,8,10-11H2,1H3,(H,30,31)/t14-,15+/m1/s1. The number of halogens is 1. The molecule has 4 rings (SSSR count). The zero-order chi connectivity index (χ0) is 23.0. The molecular weight excluding hydrogens is 419 g/mol. The third kappa shape index (κ3) is 3.97. The highest BCUT2D eigenvalue weighted by atomic mass is 19.1. The number of benzene rings is 1. The fourth-order valence-electron chi connectivity index (χ4n) is 4.95. The summed E-state index contributed by atoms with van der Waals surface area (Å²) >= 11 is 0. The first-order valence-electron chi connectivity index (χ1n) is 10.9. The fraction of sp³-hybridized carbons (Fsp3) is 0.522. The molecule has 2 heterocycles. The third-order valence-electron chi connectivity index (χ3n) is 6.70. The second-order valence-corrected chi connectivity index (χ2v) is 8.76. The van der Waals surface area contributed by atoms with E-state index < -0.39 is 17.2 Å². The molecule has 172 valence electrons. The average Bonchev–Trinajstić information content (AvgIpc) is 3.60. The molecule has 1 aliphatic heterocycles. The van der Waals surface area contributed by atoms with E-state index in [9.17, 15) is 24.6 Å². The van der Waals surface area contributed by atoms with Crippen LogP contribution in [0, 0.1) is 24.6 Å². The predicted octanol–water partition coefficient (Wildman–Crippen LogP) is 2.48. The van der Waals surface area contributed by atoms with Gasteiger partial charge >= 0.3 is 5.97 Å². The molecule has 2 N–H and O–H groups in total. The summed E-state index contributed by atoms with van der Waals surface area (Å²) in [6, 6.07) is 1.24. The number of aromatic nitrogens is 1. The van der Waals surface area contributed by atoms with Crippen molar-refractivity contribution in [2.75, 3.05) is 31.2 Å². The zero-order valence-electron chi connectivity index (χ0n) is 17.9. The van der Waals surface area contributed by atoms with Gasteiger partial charge in [-0.1, -0.05) is 0 Å². The molecule has 32 heavy (non-hydrogen) atoms. The summed E-state index contributed by atoms with van der Waals surface area (Å²) in [6.45, 7) is 3.18. The van der Waals surface area contributed by atoms with Crippen molar-refractivity contribution in [1.29, 1.82) is 0 Å². The topological polar surface area (TPSA) is 109 Å². The first kappa shape index (κ1) is 22.3. The van der Waals surface area contributed by atoms with Gasteiger partial charge in [-0.05, 0) is 50.2 Å². The Morgan fingerprint density at radius 2 is 2.06 bits per heavy atom. The number of hydrogen-bond acceptors (Lipinski definition) is 6. The van der Waals surface area contributed by atoms with Crippen molar-refractivity contribution >= 4 is 29.0 Å². The van der Waals surface area contributed by atoms with Gasteiger partial charge < -0.3 is 24.4 Å². The molecule has 2 fully saturated rings. The Hall–Kier alpha value is -2.94. The lowest BCUT2D eigenvalue weighted by Crippen LogP contribution is -2.34. The minimum absolute atomic E-state index is 0.0261. The maximum Gasteiger partial charge on any atom is 0.341 e. The highest BCUT2D eigenvalue weighted by Gasteiger charge is 2.32. The van der Waals surface area contributed by atoms with Gasteiger partial charge in [0.1, 0.15) is 11.4 Å². The number of rotatable bonds is 7. The van der Waals surface area contributed by atoms with Crippen LogP contribution in [0.5, 0.6) is 0 Å². The zero-order valence-corrected chi connectivity index (χ0v) is 17.9. The van der Waals surface area contributed by atoms with Crippen molar-refractivity contribution in [2.45, 2.75) is 38.6 Å². The Labute approximate surface area is 184 Å². The van der Waals surface area contributed by atoms with Gasteiger partial charge in [-0.3, -0.25) is 9.59 Å². The molecule has 1 aromatic carbocycles. The number of ether oxygens (including phenoxy) is 1. The summed E-state index contributed by atoms with van der Waals surface area (Å²) in [5.41, 5.74) is 0.465. The van der Waals surface area contributed by atoms with E-state index in [4.69, 9.17) is 4.74 Å². The number of nitrogens with zero attached hydrogens (tertiary/aromatic N) is 2. The van der Waals surface area contributed by atoms with Crippen molar-refractivity contribution in [2.24, 2.45) is 11.8 Å². The molecule has 1 saturated carbocycles. The average molecular weight is 446 g/mol. The molecule has 2 atom stereocenters. The minimum atomic E-state index is -1.32. The quantitative estimate of drug-likeness (QED) is 0.629. The number of carboxylic acid groups (broad SMARTS) is 1. The molecule has 0 spiro atoms. The van der Waals surface area contributed by atoms with E-state index in [1.807, 2.05) is 4.90 Å². The second-order valence-electron chi connectivity index (χ2n) is 8.76. The van der Waals surface area contributed by atoms with Crippen LogP contribution in [0.25, 0.3) is 10.9 Å². The number of aliphatic hydroxyl groups excluding tert-OH is 1. The molecule has 0 bridgehead atoms. The normalized spacial score (nSPS) is 21.4. The Kier molecular flexibility index (Phi) is 6.19. The monoisotopic (exact) mass is 446 g/mol. The van der Waals surface area contributed by atoms with Crippen LogP contribution in [-0.4, -0.2) is 53.5 Å². The first-order chi connectivity index (χ1) is 15.4. The number of anilines is 1. The summed E-state index contributed by atoms with van der Waals surface area (Å²) in [7, 11) is 0. The van der Waals surface area contributed by atoms with Crippen molar-refractivity contribution in [3.05, 3.63) is 39.4 Å². The number of carbonyl (C=O) groups is 2. The maximum atomic E-state index is 15.4. The summed E-state index contributed by atoms with van der Waals surface area (Å²) in [5.74, 6) is -2.14. The van der Waals surface area contributed by atoms with Crippen molar-refractivity contribution in [3.8, 4) is 0 Å². The van der Waals surface area contributed by atoms with Gasteiger partial charge in [0.2, 0.25) is 5.43 Å². The smallest absolute Gasteiger partial charge is 0.341 e. The first-order valence-corrected chi connectivity index (χ1v) is 10.9. The number of aryl methyl sites for hydroxylation is 1. The van der Waals surface area contributed by atoms with Crippen molar-refractivity contribution in [3.63, 3.8) is 0 Å². The molecule has 0 unspecified atom stereocenters. The molecule has 2 aliphatic rings. The van der Waals surface area contributed by atoms with Crippen LogP contribution >= 0.6 is 0 Å². The van der Waals surface area contributed by atoms with Gasteiger partial charge in [-0.2, -0.15) is 0 Å². The van der Waals surface area contributed by atoms with E-state index in [2.05, 4.69) is 0 Å². The van der Waals surface area contributed by atoms with Crippen LogP contribution in [0.15, 0.2) is 17.1 Å². The molecule has 8 nitrogen and oxygen atoms in total. The van der Waals surface area contributed by atoms with Gasteiger partial charge in [0.05, 0.1) is 17.8 Å². The van der Waals surface area contributed by atoms with E-state index in [1.165, 1.54) is 6.20 Å². The van der Waals surface area contributed by atoms with Crippen LogP contribution in [0.2, 0.25) is 0 Å². The lowest BCUT2D eigenvalue weighted by atomic mass is 9.90. The molecule has 0 amide bonds. The number of pyridine rings is 1. The maximum absolute atomic E-state index is 15.4. The van der Waals surface area contributed by atoms with Crippen LogP contribution in [0.3, 0.4) is 0 Å². The second kappa shape index (κ2) is 8.90. The summed E-state index contributed by atoms with van der Waals surface area (Å²) in [4.78, 5) is 36.9. The van der Waals surface area contributed by atoms with Crippen LogP contribution in [0.4, 0.5) is 10.1 Å². The highest BCUT2D eigenvalue weighted by Crippen LogP contribution is 2.40. The minimum Gasteiger partial charge on any atom is -0.477 e. The molecule has 0 radical (unpaired) electrons. The van der Waals surface area contributed by atoms with E-state index in [0.717, 1.165) is 31.7 Å². The molecular formula is C23H27FN2O6. The largest absolute Gasteiger partial charge is 0.477 e. The Bertz CT molecular complexity index is 1110. The van der Waals surface area contributed by atoms with E-state index in [0.29, 0.717) is 36.3 Å². The Balaban J connectivity index is 1.82. The Morgan fingerprint density at radius 3 is 2.69 bits per heavy atom. The lowest BCUT2D eigenvalue weighted by Gasteiger charge is -2.30. The van der Waals surface area contributed by atoms with E-state index >= 15 is 4.39 Å². The molecule has 2 aromatic rings. The van der Waals surface area contributed by atoms with E-state index in [-0.39, 0.29) is 42.0 Å². The van der Waals surface area contributed by atoms with Gasteiger partial charge in [-0.15, -0.1) is 0 Å². The highest BCUT2D eigenvalue weighted by molar-refractivity contribution is 5.95. The number of fused-ring (bicyclic) bond motifs is 1. The van der Waals surface area contributed by atoms with Crippen LogP contribution in [0.1, 0.15) is 47.6 Å². The molecule has 1 saturated heterocycles. The predicted molar refractivity (Wildman–Crippen MR) is 116 cm³/mol. The van der Waals surface area contributed by atoms with Gasteiger partial charge in [-0.25, -0.2) is 9.18 Å². The number of aromatic carboxylic acids is 1. The number of carbonyl (C=O) groups excluding carboxylic acids is 1. The molecule has 1 aliphatic carbocycles. The number of hydrogen-bond donors (Lipinski definition) is 2. The van der Waals surface area contributed by atoms with Crippen molar-refractivity contribution < 1.29 is 28.9 Å². The van der Waals surface area contributed by atoms with Gasteiger partial charge in [0.15, 0.2) is 0 Å². The van der Waals surface area contributed by atoms with Gasteiger partial charge in [0, 0.05) is 43.2 Å². The number of carboxylic acids is 1. The van der Waals surface area contributed by atoms with Crippen LogP contribution < -0.4 is 10.3 Å². The number of aliphatic hydroxyl groups is 1. The summed E-state index contributed by atoms with van der Waals surface area (Å²) < 4.78 is 22.2. The SMILES string of the molecule is Cc1c(N2CCC[C@H](COC=O)[C@H](CO)C2)c(F)cc2c(=O)c(C(=O)O)cn(C3CC3)c12. The van der Waals surface area contributed by atoms with Gasteiger partial charge in [0.25, 0.3) is 6.47 Å². The Morgan fingerprint density at radius 1 is 1.31 bits per heavy atom. The molecule has 9 heteroatoms. The van der Waals surface area contributed by atoms with Crippen molar-refractivity contribution in [1.82, 2.24) is 4.57 Å². The third-order valence-corrected chi connectivity index (χ3v) is 6.70. The van der Waals surface area contributed by atoms with Crippen LogP contribution in [-0.2, 0) is 9.53 Å². The summed E-state index contributed by atoms with van der Waals surface area (Å²) in [5, 5.41) is 19.5. The molecule has 1 aromatic heterocycles. The fourth-order valence-corrected chi connectivity index (χ4v) is 4.95.